The zero-order chi connectivity index (χ0) is 23.3. The van der Waals surface area contributed by atoms with Gasteiger partial charge in [-0.3, -0.25) is 4.79 Å². The highest BCUT2D eigenvalue weighted by molar-refractivity contribution is 5.75. The maximum absolute atomic E-state index is 12.5. The highest BCUT2D eigenvalue weighted by atomic mass is 16.5. The minimum atomic E-state index is -0.0943. The second-order valence-corrected chi connectivity index (χ2v) is 9.68. The number of carbonyl (C=O) groups excluding carboxylic acids is 1. The molecule has 1 aromatic carbocycles. The minimum Gasteiger partial charge on any atom is -0.426 e. The van der Waals surface area contributed by atoms with Gasteiger partial charge < -0.3 is 9.15 Å². The van der Waals surface area contributed by atoms with Gasteiger partial charge in [0.15, 0.2) is 0 Å². The Morgan fingerprint density at radius 2 is 1.55 bits per heavy atom. The van der Waals surface area contributed by atoms with E-state index in [9.17, 15) is 4.79 Å². The van der Waals surface area contributed by atoms with E-state index in [0.29, 0.717) is 17.5 Å². The molecule has 0 amide bonds. The standard InChI is InChI=1S/C28H42N2O3/c1-3-5-6-7-8-9-10-11-13-26-29-30-27(33-26)23-18-20-25(21-19-23)32-28(31)24-16-14-22(12-4-2)15-17-24/h18-22,24H,3-17H2,1-2H3. The number of aryl methyl sites for hydroxylation is 1. The van der Waals surface area contributed by atoms with Gasteiger partial charge in [-0.25, -0.2) is 0 Å². The summed E-state index contributed by atoms with van der Waals surface area (Å²) in [5.41, 5.74) is 0.851. The molecule has 1 fully saturated rings. The quantitative estimate of drug-likeness (QED) is 0.165. The van der Waals surface area contributed by atoms with E-state index in [0.717, 1.165) is 50.0 Å². The first-order valence-corrected chi connectivity index (χ1v) is 13.3. The van der Waals surface area contributed by atoms with Crippen LogP contribution in [0.15, 0.2) is 28.7 Å². The van der Waals surface area contributed by atoms with E-state index in [1.807, 2.05) is 24.3 Å². The van der Waals surface area contributed by atoms with Gasteiger partial charge in [0.05, 0.1) is 5.92 Å². The van der Waals surface area contributed by atoms with Gasteiger partial charge in [-0.1, -0.05) is 71.6 Å². The van der Waals surface area contributed by atoms with E-state index in [2.05, 4.69) is 24.0 Å². The molecule has 5 heteroatoms. The van der Waals surface area contributed by atoms with Crippen molar-refractivity contribution in [2.45, 2.75) is 110 Å². The number of rotatable bonds is 14. The number of ether oxygens (including phenoxy) is 1. The predicted molar refractivity (Wildman–Crippen MR) is 132 cm³/mol. The summed E-state index contributed by atoms with van der Waals surface area (Å²) in [5, 5.41) is 8.40. The van der Waals surface area contributed by atoms with Gasteiger partial charge in [0.2, 0.25) is 11.8 Å². The summed E-state index contributed by atoms with van der Waals surface area (Å²) >= 11 is 0. The average Bonchev–Trinajstić information content (AvgIpc) is 3.31. The first-order valence-electron chi connectivity index (χ1n) is 13.3. The number of hydrogen-bond acceptors (Lipinski definition) is 5. The van der Waals surface area contributed by atoms with Crippen molar-refractivity contribution in [3.63, 3.8) is 0 Å². The number of esters is 1. The summed E-state index contributed by atoms with van der Waals surface area (Å²) in [5.74, 6) is 2.53. The number of benzene rings is 1. The Bertz CT molecular complexity index is 807. The summed E-state index contributed by atoms with van der Waals surface area (Å²) in [6.45, 7) is 4.48. The predicted octanol–water partition coefficient (Wildman–Crippen LogP) is 7.93. The highest BCUT2D eigenvalue weighted by Crippen LogP contribution is 2.32. The maximum atomic E-state index is 12.5. The van der Waals surface area contributed by atoms with Crippen LogP contribution in [-0.4, -0.2) is 16.2 Å². The molecule has 0 radical (unpaired) electrons. The second kappa shape index (κ2) is 14.2. The van der Waals surface area contributed by atoms with Gasteiger partial charge in [0.25, 0.3) is 0 Å². The first-order chi connectivity index (χ1) is 16.2. The largest absolute Gasteiger partial charge is 0.426 e. The van der Waals surface area contributed by atoms with Crippen LogP contribution in [0.5, 0.6) is 5.75 Å². The van der Waals surface area contributed by atoms with E-state index in [4.69, 9.17) is 9.15 Å². The fourth-order valence-corrected chi connectivity index (χ4v) is 4.84. The Labute approximate surface area is 199 Å². The van der Waals surface area contributed by atoms with E-state index >= 15 is 0 Å². The number of carbonyl (C=O) groups is 1. The van der Waals surface area contributed by atoms with E-state index in [-0.39, 0.29) is 11.9 Å². The van der Waals surface area contributed by atoms with Crippen LogP contribution in [0.25, 0.3) is 11.5 Å². The molecule has 0 saturated heterocycles. The summed E-state index contributed by atoms with van der Waals surface area (Å²) in [6.07, 6.45) is 17.8. The molecule has 0 unspecified atom stereocenters. The summed E-state index contributed by atoms with van der Waals surface area (Å²) in [6, 6.07) is 7.40. The highest BCUT2D eigenvalue weighted by Gasteiger charge is 2.27. The topological polar surface area (TPSA) is 65.2 Å². The van der Waals surface area contributed by atoms with Crippen LogP contribution in [-0.2, 0) is 11.2 Å². The fraction of sp³-hybridized carbons (Fsp3) is 0.679. The zero-order valence-electron chi connectivity index (χ0n) is 20.7. The lowest BCUT2D eigenvalue weighted by atomic mass is 9.80. The molecular formula is C28H42N2O3. The molecule has 33 heavy (non-hydrogen) atoms. The summed E-state index contributed by atoms with van der Waals surface area (Å²) in [4.78, 5) is 12.5. The number of nitrogens with zero attached hydrogens (tertiary/aromatic N) is 2. The first kappa shape index (κ1) is 25.5. The van der Waals surface area contributed by atoms with Crippen LogP contribution in [0.1, 0.15) is 110 Å². The van der Waals surface area contributed by atoms with Gasteiger partial charge in [-0.15, -0.1) is 10.2 Å². The SMILES string of the molecule is CCCCCCCCCCc1nnc(-c2ccc(OC(=O)C3CCC(CCC)CC3)cc2)o1. The van der Waals surface area contributed by atoms with Crippen molar-refractivity contribution in [2.75, 3.05) is 0 Å². The monoisotopic (exact) mass is 454 g/mol. The van der Waals surface area contributed by atoms with Crippen LogP contribution in [0.3, 0.4) is 0 Å². The molecule has 1 aliphatic rings. The van der Waals surface area contributed by atoms with Crippen molar-refractivity contribution >= 4 is 5.97 Å². The van der Waals surface area contributed by atoms with E-state index in [1.165, 1.54) is 57.8 Å². The van der Waals surface area contributed by atoms with Gasteiger partial charge in [-0.2, -0.15) is 0 Å². The van der Waals surface area contributed by atoms with Crippen molar-refractivity contribution < 1.29 is 13.9 Å². The van der Waals surface area contributed by atoms with Crippen molar-refractivity contribution in [2.24, 2.45) is 11.8 Å². The zero-order valence-corrected chi connectivity index (χ0v) is 20.7. The van der Waals surface area contributed by atoms with Crippen molar-refractivity contribution in [3.05, 3.63) is 30.2 Å². The molecule has 0 spiro atoms. The molecule has 3 rings (SSSR count). The molecule has 5 nitrogen and oxygen atoms in total. The van der Waals surface area contributed by atoms with E-state index in [1.54, 1.807) is 0 Å². The Morgan fingerprint density at radius 1 is 0.879 bits per heavy atom. The van der Waals surface area contributed by atoms with Crippen molar-refractivity contribution in [1.82, 2.24) is 10.2 Å². The molecule has 0 aliphatic heterocycles. The van der Waals surface area contributed by atoms with Gasteiger partial charge in [-0.05, 0) is 62.3 Å². The summed E-state index contributed by atoms with van der Waals surface area (Å²) in [7, 11) is 0. The molecule has 1 aromatic heterocycles. The van der Waals surface area contributed by atoms with E-state index < -0.39 is 0 Å². The average molecular weight is 455 g/mol. The Balaban J connectivity index is 1.38. The molecule has 0 bridgehead atoms. The van der Waals surface area contributed by atoms with Crippen LogP contribution < -0.4 is 4.74 Å². The summed E-state index contributed by atoms with van der Waals surface area (Å²) < 4.78 is 11.5. The van der Waals surface area contributed by atoms with Crippen molar-refractivity contribution in [1.29, 1.82) is 0 Å². The second-order valence-electron chi connectivity index (χ2n) is 9.68. The molecule has 0 N–H and O–H groups in total. The van der Waals surface area contributed by atoms with Crippen LogP contribution in [0, 0.1) is 11.8 Å². The molecule has 0 atom stereocenters. The number of unbranched alkanes of at least 4 members (excludes halogenated alkanes) is 7. The normalized spacial score (nSPS) is 18.4. The van der Waals surface area contributed by atoms with Crippen LogP contribution in [0.2, 0.25) is 0 Å². The lowest BCUT2D eigenvalue weighted by Gasteiger charge is -2.26. The molecular weight excluding hydrogens is 412 g/mol. The van der Waals surface area contributed by atoms with Gasteiger partial charge >= 0.3 is 5.97 Å². The van der Waals surface area contributed by atoms with Gasteiger partial charge in [0.1, 0.15) is 5.75 Å². The molecule has 182 valence electrons. The fourth-order valence-electron chi connectivity index (χ4n) is 4.84. The smallest absolute Gasteiger partial charge is 0.314 e. The van der Waals surface area contributed by atoms with Crippen LogP contribution in [0.4, 0.5) is 0 Å². The Hall–Kier alpha value is -2.17. The molecule has 2 aromatic rings. The lowest BCUT2D eigenvalue weighted by molar-refractivity contribution is -0.140. The minimum absolute atomic E-state index is 0.0348. The number of aromatic nitrogens is 2. The Kier molecular flexibility index (Phi) is 10.9. The third-order valence-corrected chi connectivity index (χ3v) is 6.91. The van der Waals surface area contributed by atoms with Crippen molar-refractivity contribution in [3.8, 4) is 17.2 Å². The number of hydrogen-bond donors (Lipinski definition) is 0. The van der Waals surface area contributed by atoms with Crippen LogP contribution >= 0.6 is 0 Å². The lowest BCUT2D eigenvalue weighted by Crippen LogP contribution is -2.25. The molecule has 1 heterocycles. The molecule has 1 aliphatic carbocycles. The third kappa shape index (κ3) is 8.60. The third-order valence-electron chi connectivity index (χ3n) is 6.91. The maximum Gasteiger partial charge on any atom is 0.314 e. The van der Waals surface area contributed by atoms with Gasteiger partial charge in [0, 0.05) is 12.0 Å². The molecule has 1 saturated carbocycles. The Morgan fingerprint density at radius 3 is 2.21 bits per heavy atom.